The van der Waals surface area contributed by atoms with Crippen LogP contribution in [-0.4, -0.2) is 67.7 Å². The van der Waals surface area contributed by atoms with Gasteiger partial charge in [-0.2, -0.15) is 0 Å². The predicted octanol–water partition coefficient (Wildman–Crippen LogP) is 0.593. The van der Waals surface area contributed by atoms with E-state index in [1.165, 1.54) is 19.0 Å². The molecule has 0 saturated carbocycles. The Morgan fingerprint density at radius 3 is 2.61 bits per heavy atom. The quantitative estimate of drug-likeness (QED) is 0.833. The molecule has 2 atom stereocenters. The molecule has 128 valence electrons. The van der Waals surface area contributed by atoms with Gasteiger partial charge in [-0.15, -0.1) is 0 Å². The van der Waals surface area contributed by atoms with E-state index in [2.05, 4.69) is 0 Å². The maximum Gasteiger partial charge on any atom is 0.227 e. The third-order valence-electron chi connectivity index (χ3n) is 4.04. The fourth-order valence-electron chi connectivity index (χ4n) is 2.56. The zero-order chi connectivity index (χ0) is 17.2. The number of aliphatic hydroxyl groups is 1. The molecule has 1 saturated heterocycles. The summed E-state index contributed by atoms with van der Waals surface area (Å²) in [6.45, 7) is 0.383. The standard InChI is InChI=1S/C15H21ClN2O4S/c1-17(2)23(21,22)10-12-8-18(9-14(12)19)15(20)7-11-5-3-4-6-13(11)16/h3-6,12,14,19H,7-10H2,1-2H3/t12-,14-/m0/s1. The second-order valence-electron chi connectivity index (χ2n) is 5.96. The number of hydrogen-bond acceptors (Lipinski definition) is 4. The van der Waals surface area contributed by atoms with Gasteiger partial charge in [-0.1, -0.05) is 29.8 Å². The van der Waals surface area contributed by atoms with Crippen molar-refractivity contribution in [3.8, 4) is 0 Å². The van der Waals surface area contributed by atoms with Crippen molar-refractivity contribution >= 4 is 27.5 Å². The molecule has 0 spiro atoms. The number of carbonyl (C=O) groups excluding carboxylic acids is 1. The number of halogens is 1. The first kappa shape index (κ1) is 18.2. The molecule has 2 rings (SSSR count). The number of β-amino-alcohol motifs (C(OH)–C–C–N with tert-alkyl or cyclic N) is 1. The Hall–Kier alpha value is -1.15. The van der Waals surface area contributed by atoms with Gasteiger partial charge in [-0.3, -0.25) is 4.79 Å². The molecule has 23 heavy (non-hydrogen) atoms. The Kier molecular flexibility index (Phi) is 5.67. The van der Waals surface area contributed by atoms with Crippen LogP contribution in [0.1, 0.15) is 5.56 Å². The fourth-order valence-corrected chi connectivity index (χ4v) is 3.93. The van der Waals surface area contributed by atoms with E-state index >= 15 is 0 Å². The highest BCUT2D eigenvalue weighted by atomic mass is 35.5. The first-order chi connectivity index (χ1) is 10.7. The molecular formula is C15H21ClN2O4S. The molecule has 0 aromatic heterocycles. The molecule has 1 aliphatic rings. The van der Waals surface area contributed by atoms with Gasteiger partial charge in [0.15, 0.2) is 0 Å². The van der Waals surface area contributed by atoms with Crippen molar-refractivity contribution in [3.63, 3.8) is 0 Å². The molecule has 1 fully saturated rings. The van der Waals surface area contributed by atoms with Crippen LogP contribution in [0, 0.1) is 5.92 Å². The van der Waals surface area contributed by atoms with Crippen molar-refractivity contribution in [2.75, 3.05) is 32.9 Å². The number of likely N-dealkylation sites (tertiary alicyclic amines) is 1. The number of benzene rings is 1. The number of hydrogen-bond donors (Lipinski definition) is 1. The lowest BCUT2D eigenvalue weighted by Crippen LogP contribution is -2.34. The summed E-state index contributed by atoms with van der Waals surface area (Å²) in [4.78, 5) is 13.9. The van der Waals surface area contributed by atoms with Crippen LogP contribution < -0.4 is 0 Å². The average Bonchev–Trinajstić information content (AvgIpc) is 2.82. The van der Waals surface area contributed by atoms with E-state index in [-0.39, 0.29) is 31.2 Å². The molecule has 0 bridgehead atoms. The van der Waals surface area contributed by atoms with Gasteiger partial charge >= 0.3 is 0 Å². The maximum atomic E-state index is 12.4. The van der Waals surface area contributed by atoms with Crippen molar-refractivity contribution in [1.29, 1.82) is 0 Å². The molecule has 1 amide bonds. The number of sulfonamides is 1. The van der Waals surface area contributed by atoms with Gasteiger partial charge in [0.25, 0.3) is 0 Å². The van der Waals surface area contributed by atoms with Gasteiger partial charge in [-0.25, -0.2) is 12.7 Å². The van der Waals surface area contributed by atoms with Gasteiger partial charge in [0.2, 0.25) is 15.9 Å². The summed E-state index contributed by atoms with van der Waals surface area (Å²) in [6, 6.07) is 7.09. The minimum Gasteiger partial charge on any atom is -0.391 e. The van der Waals surface area contributed by atoms with E-state index < -0.39 is 22.0 Å². The Bertz CT molecular complexity index is 678. The Balaban J connectivity index is 2.01. The number of carbonyl (C=O) groups is 1. The summed E-state index contributed by atoms with van der Waals surface area (Å²) in [5, 5.41) is 10.6. The lowest BCUT2D eigenvalue weighted by molar-refractivity contribution is -0.129. The van der Waals surface area contributed by atoms with Crippen LogP contribution in [0.2, 0.25) is 5.02 Å². The van der Waals surface area contributed by atoms with Crippen LogP contribution in [0.5, 0.6) is 0 Å². The van der Waals surface area contributed by atoms with Gasteiger partial charge in [0.1, 0.15) is 0 Å². The summed E-state index contributed by atoms with van der Waals surface area (Å²) in [5.41, 5.74) is 0.720. The number of rotatable bonds is 5. The van der Waals surface area contributed by atoms with E-state index in [4.69, 9.17) is 11.6 Å². The maximum absolute atomic E-state index is 12.4. The van der Waals surface area contributed by atoms with Crippen molar-refractivity contribution in [3.05, 3.63) is 34.9 Å². The lowest BCUT2D eigenvalue weighted by atomic mass is 10.1. The normalized spacial score (nSPS) is 21.9. The Labute approximate surface area is 141 Å². The third kappa shape index (κ3) is 4.44. The highest BCUT2D eigenvalue weighted by molar-refractivity contribution is 7.89. The summed E-state index contributed by atoms with van der Waals surface area (Å²) in [7, 11) is -0.504. The predicted molar refractivity (Wildman–Crippen MR) is 88.7 cm³/mol. The van der Waals surface area contributed by atoms with E-state index in [0.717, 1.165) is 9.87 Å². The average molecular weight is 361 g/mol. The minimum absolute atomic E-state index is 0.138. The first-order valence-corrected chi connectivity index (χ1v) is 9.29. The fraction of sp³-hybridized carbons (Fsp3) is 0.533. The van der Waals surface area contributed by atoms with Crippen LogP contribution in [0.25, 0.3) is 0 Å². The molecule has 8 heteroatoms. The third-order valence-corrected chi connectivity index (χ3v) is 6.37. The lowest BCUT2D eigenvalue weighted by Gasteiger charge is -2.18. The van der Waals surface area contributed by atoms with Crippen LogP contribution >= 0.6 is 11.6 Å². The van der Waals surface area contributed by atoms with E-state index in [1.807, 2.05) is 0 Å². The highest BCUT2D eigenvalue weighted by Crippen LogP contribution is 2.22. The number of amides is 1. The number of aliphatic hydroxyl groups excluding tert-OH is 1. The van der Waals surface area contributed by atoms with Gasteiger partial charge in [0, 0.05) is 38.1 Å². The second kappa shape index (κ2) is 7.17. The van der Waals surface area contributed by atoms with Crippen molar-refractivity contribution in [1.82, 2.24) is 9.21 Å². The Morgan fingerprint density at radius 1 is 1.35 bits per heavy atom. The van der Waals surface area contributed by atoms with E-state index in [1.54, 1.807) is 24.3 Å². The van der Waals surface area contributed by atoms with Crippen LogP contribution in [0.4, 0.5) is 0 Å². The number of nitrogens with zero attached hydrogens (tertiary/aromatic N) is 2. The highest BCUT2D eigenvalue weighted by Gasteiger charge is 2.37. The van der Waals surface area contributed by atoms with Gasteiger partial charge in [-0.05, 0) is 11.6 Å². The van der Waals surface area contributed by atoms with Crippen LogP contribution in [0.15, 0.2) is 24.3 Å². The molecule has 0 radical (unpaired) electrons. The summed E-state index contributed by atoms with van der Waals surface area (Å²) in [6.07, 6.45) is -0.695. The summed E-state index contributed by atoms with van der Waals surface area (Å²) >= 11 is 6.05. The van der Waals surface area contributed by atoms with Gasteiger partial charge < -0.3 is 10.0 Å². The zero-order valence-electron chi connectivity index (χ0n) is 13.1. The molecular weight excluding hydrogens is 340 g/mol. The second-order valence-corrected chi connectivity index (χ2v) is 8.59. The smallest absolute Gasteiger partial charge is 0.227 e. The summed E-state index contributed by atoms with van der Waals surface area (Å²) in [5.74, 6) is -0.809. The minimum atomic E-state index is -3.42. The molecule has 1 aromatic carbocycles. The molecule has 6 nitrogen and oxygen atoms in total. The molecule has 0 aliphatic carbocycles. The summed E-state index contributed by atoms with van der Waals surface area (Å²) < 4.78 is 25.0. The van der Waals surface area contributed by atoms with Gasteiger partial charge in [0.05, 0.1) is 18.3 Å². The molecule has 1 N–H and O–H groups in total. The van der Waals surface area contributed by atoms with Crippen molar-refractivity contribution < 1.29 is 18.3 Å². The van der Waals surface area contributed by atoms with E-state index in [0.29, 0.717) is 5.02 Å². The Morgan fingerprint density at radius 2 is 2.00 bits per heavy atom. The zero-order valence-corrected chi connectivity index (χ0v) is 14.7. The monoisotopic (exact) mass is 360 g/mol. The molecule has 0 unspecified atom stereocenters. The molecule has 1 heterocycles. The first-order valence-electron chi connectivity index (χ1n) is 7.30. The topological polar surface area (TPSA) is 77.9 Å². The largest absolute Gasteiger partial charge is 0.391 e. The SMILES string of the molecule is CN(C)S(=O)(=O)C[C@@H]1CN(C(=O)Cc2ccccc2Cl)C[C@@H]1O. The van der Waals surface area contributed by atoms with E-state index in [9.17, 15) is 18.3 Å². The van der Waals surface area contributed by atoms with Crippen molar-refractivity contribution in [2.45, 2.75) is 12.5 Å². The molecule has 1 aromatic rings. The van der Waals surface area contributed by atoms with Crippen molar-refractivity contribution in [2.24, 2.45) is 5.92 Å². The molecule has 1 aliphatic heterocycles. The van der Waals surface area contributed by atoms with Crippen LogP contribution in [-0.2, 0) is 21.2 Å². The van der Waals surface area contributed by atoms with Crippen LogP contribution in [0.3, 0.4) is 0 Å².